The lowest BCUT2D eigenvalue weighted by Gasteiger charge is -2.11. The lowest BCUT2D eigenvalue weighted by Crippen LogP contribution is -2.22. The summed E-state index contributed by atoms with van der Waals surface area (Å²) in [4.78, 5) is 35.5. The fourth-order valence-corrected chi connectivity index (χ4v) is 1.80. The smallest absolute Gasteiger partial charge is 0.307 e. The minimum absolute atomic E-state index is 0.0194. The van der Waals surface area contributed by atoms with Crippen LogP contribution in [0, 0.1) is 0 Å². The highest BCUT2D eigenvalue weighted by atomic mass is 16.4. The third-order valence-electron chi connectivity index (χ3n) is 2.93. The number of aliphatic carboxylic acids is 1. The van der Waals surface area contributed by atoms with Crippen LogP contribution in [0.1, 0.15) is 24.8 Å². The molecule has 6 nitrogen and oxygen atoms in total. The van der Waals surface area contributed by atoms with Gasteiger partial charge in [-0.15, -0.1) is 0 Å². The van der Waals surface area contributed by atoms with Gasteiger partial charge in [0.1, 0.15) is 0 Å². The van der Waals surface area contributed by atoms with Crippen molar-refractivity contribution >= 4 is 23.5 Å². The van der Waals surface area contributed by atoms with Crippen LogP contribution in [0.3, 0.4) is 0 Å². The molecule has 2 amide bonds. The third-order valence-corrected chi connectivity index (χ3v) is 2.93. The number of rotatable bonds is 7. The predicted octanol–water partition coefficient (Wildman–Crippen LogP) is 1.51. The predicted molar refractivity (Wildman–Crippen MR) is 79.0 cm³/mol. The molecule has 21 heavy (non-hydrogen) atoms. The number of benzene rings is 1. The Balaban J connectivity index is 2.51. The summed E-state index contributed by atoms with van der Waals surface area (Å²) in [5.41, 5.74) is 1.06. The summed E-state index contributed by atoms with van der Waals surface area (Å²) in [6.07, 6.45) is 0.859. The van der Waals surface area contributed by atoms with E-state index in [2.05, 4.69) is 5.32 Å². The molecule has 0 radical (unpaired) electrons. The summed E-state index contributed by atoms with van der Waals surface area (Å²) in [5, 5.41) is 11.5. The summed E-state index contributed by atoms with van der Waals surface area (Å²) in [6.45, 7) is 0. The van der Waals surface area contributed by atoms with Crippen LogP contribution in [0.5, 0.6) is 0 Å². The maximum Gasteiger partial charge on any atom is 0.307 e. The van der Waals surface area contributed by atoms with Crippen molar-refractivity contribution in [1.82, 2.24) is 4.90 Å². The quantitative estimate of drug-likeness (QED) is 0.797. The van der Waals surface area contributed by atoms with Gasteiger partial charge in [0.25, 0.3) is 0 Å². The second kappa shape index (κ2) is 8.04. The van der Waals surface area contributed by atoms with Gasteiger partial charge in [0.15, 0.2) is 0 Å². The molecule has 0 aliphatic heterocycles. The number of anilines is 1. The van der Waals surface area contributed by atoms with Crippen LogP contribution < -0.4 is 5.32 Å². The molecular formula is C15H20N2O4. The van der Waals surface area contributed by atoms with Crippen molar-refractivity contribution in [2.45, 2.75) is 25.7 Å². The summed E-state index contributed by atoms with van der Waals surface area (Å²) in [5.74, 6) is -1.19. The fourth-order valence-electron chi connectivity index (χ4n) is 1.80. The Kier molecular flexibility index (Phi) is 6.39. The van der Waals surface area contributed by atoms with E-state index in [1.807, 2.05) is 0 Å². The topological polar surface area (TPSA) is 86.7 Å². The number of carboxylic acids is 1. The highest BCUT2D eigenvalue weighted by molar-refractivity contribution is 5.92. The molecule has 1 aromatic rings. The molecule has 0 atom stereocenters. The lowest BCUT2D eigenvalue weighted by atomic mass is 10.1. The number of carbonyl (C=O) groups excluding carboxylic acids is 2. The number of hydrogen-bond acceptors (Lipinski definition) is 3. The Labute approximate surface area is 123 Å². The van der Waals surface area contributed by atoms with Crippen molar-refractivity contribution in [2.24, 2.45) is 0 Å². The second-order valence-corrected chi connectivity index (χ2v) is 4.92. The molecule has 2 N–H and O–H groups in total. The van der Waals surface area contributed by atoms with Gasteiger partial charge < -0.3 is 15.3 Å². The monoisotopic (exact) mass is 292 g/mol. The van der Waals surface area contributed by atoms with Gasteiger partial charge in [-0.2, -0.15) is 0 Å². The van der Waals surface area contributed by atoms with Gasteiger partial charge in [-0.25, -0.2) is 0 Å². The average molecular weight is 292 g/mol. The Morgan fingerprint density at radius 2 is 1.81 bits per heavy atom. The summed E-state index contributed by atoms with van der Waals surface area (Å²) < 4.78 is 0. The second-order valence-electron chi connectivity index (χ2n) is 4.92. The first-order valence-corrected chi connectivity index (χ1v) is 6.70. The molecule has 0 aliphatic rings. The van der Waals surface area contributed by atoms with Crippen LogP contribution >= 0.6 is 0 Å². The molecule has 114 valence electrons. The minimum Gasteiger partial charge on any atom is -0.481 e. The van der Waals surface area contributed by atoms with Crippen LogP contribution in [0.25, 0.3) is 0 Å². The van der Waals surface area contributed by atoms with Crippen LogP contribution in [-0.4, -0.2) is 41.9 Å². The number of carbonyl (C=O) groups is 3. The number of para-hydroxylation sites is 1. The Hall–Kier alpha value is -2.37. The first-order chi connectivity index (χ1) is 9.90. The molecule has 6 heteroatoms. The van der Waals surface area contributed by atoms with Crippen molar-refractivity contribution in [3.8, 4) is 0 Å². The third kappa shape index (κ3) is 6.07. The fraction of sp³-hybridized carbons (Fsp3) is 0.400. The zero-order valence-electron chi connectivity index (χ0n) is 12.3. The zero-order chi connectivity index (χ0) is 15.8. The van der Waals surface area contributed by atoms with E-state index in [0.29, 0.717) is 24.1 Å². The summed E-state index contributed by atoms with van der Waals surface area (Å²) in [6, 6.07) is 6.79. The first kappa shape index (κ1) is 16.7. The van der Waals surface area contributed by atoms with Crippen molar-refractivity contribution in [2.75, 3.05) is 19.4 Å². The van der Waals surface area contributed by atoms with E-state index in [1.54, 1.807) is 38.4 Å². The Bertz CT molecular complexity index is 526. The molecule has 1 rings (SSSR count). The van der Waals surface area contributed by atoms with Crippen LogP contribution in [0.15, 0.2) is 24.3 Å². The average Bonchev–Trinajstić information content (AvgIpc) is 2.40. The highest BCUT2D eigenvalue weighted by Gasteiger charge is 2.10. The molecule has 1 aromatic carbocycles. The maximum atomic E-state index is 11.8. The largest absolute Gasteiger partial charge is 0.481 e. The number of nitrogens with zero attached hydrogens (tertiary/aromatic N) is 1. The van der Waals surface area contributed by atoms with E-state index in [9.17, 15) is 14.4 Å². The van der Waals surface area contributed by atoms with Gasteiger partial charge in [-0.1, -0.05) is 18.2 Å². The van der Waals surface area contributed by atoms with E-state index in [0.717, 1.165) is 0 Å². The maximum absolute atomic E-state index is 11.8. The van der Waals surface area contributed by atoms with E-state index in [1.165, 1.54) is 4.90 Å². The van der Waals surface area contributed by atoms with Crippen LogP contribution in [0.4, 0.5) is 5.69 Å². The number of nitrogens with one attached hydrogen (secondary N) is 1. The molecule has 0 heterocycles. The van der Waals surface area contributed by atoms with Gasteiger partial charge in [0, 0.05) is 32.6 Å². The molecule has 0 unspecified atom stereocenters. The molecule has 0 aromatic heterocycles. The van der Waals surface area contributed by atoms with Gasteiger partial charge in [0.2, 0.25) is 11.8 Å². The van der Waals surface area contributed by atoms with Gasteiger partial charge >= 0.3 is 5.97 Å². The zero-order valence-corrected chi connectivity index (χ0v) is 12.3. The van der Waals surface area contributed by atoms with E-state index >= 15 is 0 Å². The molecular weight excluding hydrogens is 272 g/mol. The molecule has 0 aliphatic carbocycles. The van der Waals surface area contributed by atoms with Gasteiger partial charge in [0.05, 0.1) is 6.42 Å². The number of hydrogen-bond donors (Lipinski definition) is 2. The molecule has 0 spiro atoms. The van der Waals surface area contributed by atoms with E-state index in [-0.39, 0.29) is 24.7 Å². The normalized spacial score (nSPS) is 10.0. The van der Waals surface area contributed by atoms with E-state index in [4.69, 9.17) is 5.11 Å². The standard InChI is InChI=1S/C15H20N2O4/c1-17(2)14(19)9-5-8-13(18)16-12-7-4-3-6-11(12)10-15(20)21/h3-4,6-7H,5,8-10H2,1-2H3,(H,16,18)(H,20,21). The van der Waals surface area contributed by atoms with Crippen molar-refractivity contribution in [3.05, 3.63) is 29.8 Å². The van der Waals surface area contributed by atoms with Crippen LogP contribution in [-0.2, 0) is 20.8 Å². The van der Waals surface area contributed by atoms with Crippen molar-refractivity contribution in [1.29, 1.82) is 0 Å². The molecule has 0 bridgehead atoms. The first-order valence-electron chi connectivity index (χ1n) is 6.70. The van der Waals surface area contributed by atoms with Crippen LogP contribution in [0.2, 0.25) is 0 Å². The van der Waals surface area contributed by atoms with Crippen molar-refractivity contribution < 1.29 is 19.5 Å². The van der Waals surface area contributed by atoms with E-state index < -0.39 is 5.97 Å². The van der Waals surface area contributed by atoms with Gasteiger partial charge in [-0.3, -0.25) is 14.4 Å². The lowest BCUT2D eigenvalue weighted by molar-refractivity contribution is -0.136. The summed E-state index contributed by atoms with van der Waals surface area (Å²) >= 11 is 0. The SMILES string of the molecule is CN(C)C(=O)CCCC(=O)Nc1ccccc1CC(=O)O. The molecule has 0 fully saturated rings. The Morgan fingerprint density at radius 1 is 1.14 bits per heavy atom. The minimum atomic E-state index is -0.951. The number of carboxylic acid groups (broad SMARTS) is 1. The molecule has 0 saturated heterocycles. The Morgan fingerprint density at radius 3 is 2.43 bits per heavy atom. The summed E-state index contributed by atoms with van der Waals surface area (Å²) in [7, 11) is 3.34. The number of amides is 2. The molecule has 0 saturated carbocycles. The van der Waals surface area contributed by atoms with Gasteiger partial charge in [-0.05, 0) is 18.1 Å². The highest BCUT2D eigenvalue weighted by Crippen LogP contribution is 2.16. The van der Waals surface area contributed by atoms with Crippen molar-refractivity contribution in [3.63, 3.8) is 0 Å².